The molecule has 0 aromatic rings. The number of hydrogen-bond donors (Lipinski definition) is 1. The summed E-state index contributed by atoms with van der Waals surface area (Å²) in [4.78, 5) is 11.1. The highest BCUT2D eigenvalue weighted by Gasteiger charge is 2.20. The smallest absolute Gasteiger partial charge is 0.307 e. The van der Waals surface area contributed by atoms with E-state index in [4.69, 9.17) is 4.74 Å². The molecule has 0 bridgehead atoms. The molecule has 14 heavy (non-hydrogen) atoms. The lowest BCUT2D eigenvalue weighted by molar-refractivity contribution is -0.143. The highest BCUT2D eigenvalue weighted by molar-refractivity contribution is 5.70. The van der Waals surface area contributed by atoms with Gasteiger partial charge in [-0.2, -0.15) is 0 Å². The van der Waals surface area contributed by atoms with Gasteiger partial charge < -0.3 is 10.1 Å². The van der Waals surface area contributed by atoms with Gasteiger partial charge in [0.2, 0.25) is 0 Å². The topological polar surface area (TPSA) is 38.3 Å². The fourth-order valence-corrected chi connectivity index (χ4v) is 1.65. The van der Waals surface area contributed by atoms with Gasteiger partial charge >= 0.3 is 5.97 Å². The van der Waals surface area contributed by atoms with Crippen molar-refractivity contribution in [2.75, 3.05) is 13.2 Å². The summed E-state index contributed by atoms with van der Waals surface area (Å²) in [6.07, 6.45) is 2.84. The Morgan fingerprint density at radius 2 is 2.21 bits per heavy atom. The normalized spacial score (nSPS) is 26.4. The molecule has 0 amide bonds. The third-order valence-electron chi connectivity index (χ3n) is 2.48. The SMILES string of the molecule is C.CCOC(=O)CC1CCC(C)CN1. The minimum absolute atomic E-state index is 0. The molecular weight excluding hydrogens is 178 g/mol. The largest absolute Gasteiger partial charge is 0.466 e. The van der Waals surface area contributed by atoms with Crippen LogP contribution in [-0.2, 0) is 9.53 Å². The standard InChI is InChI=1S/C10H19NO2.CH4/c1-3-13-10(12)6-9-5-4-8(2)7-11-9;/h8-9,11H,3-7H2,1-2H3;1H4. The fraction of sp³-hybridized carbons (Fsp3) is 0.909. The van der Waals surface area contributed by atoms with Crippen molar-refractivity contribution in [1.82, 2.24) is 5.32 Å². The molecule has 0 aromatic carbocycles. The number of carbonyl (C=O) groups excluding carboxylic acids is 1. The van der Waals surface area contributed by atoms with Crippen LogP contribution in [0.15, 0.2) is 0 Å². The first kappa shape index (κ1) is 13.4. The lowest BCUT2D eigenvalue weighted by Crippen LogP contribution is -2.39. The van der Waals surface area contributed by atoms with Crippen LogP contribution in [0.25, 0.3) is 0 Å². The first-order chi connectivity index (χ1) is 6.22. The number of nitrogens with one attached hydrogen (secondary N) is 1. The van der Waals surface area contributed by atoms with Gasteiger partial charge in [0.25, 0.3) is 0 Å². The van der Waals surface area contributed by atoms with Crippen molar-refractivity contribution in [3.63, 3.8) is 0 Å². The Labute approximate surface area is 87.2 Å². The first-order valence-electron chi connectivity index (χ1n) is 5.11. The summed E-state index contributed by atoms with van der Waals surface area (Å²) < 4.78 is 4.89. The molecule has 1 rings (SSSR count). The Kier molecular flexibility index (Phi) is 6.54. The molecule has 0 saturated carbocycles. The summed E-state index contributed by atoms with van der Waals surface area (Å²) in [6, 6.07) is 0.343. The van der Waals surface area contributed by atoms with Crippen LogP contribution in [0.3, 0.4) is 0 Å². The molecule has 84 valence electrons. The maximum Gasteiger partial charge on any atom is 0.307 e. The number of rotatable bonds is 3. The molecule has 0 aromatic heterocycles. The zero-order valence-electron chi connectivity index (χ0n) is 8.51. The second-order valence-corrected chi connectivity index (χ2v) is 3.80. The molecule has 1 N–H and O–H groups in total. The minimum atomic E-state index is -0.0745. The summed E-state index contributed by atoms with van der Waals surface area (Å²) in [7, 11) is 0. The average molecular weight is 201 g/mol. The third-order valence-corrected chi connectivity index (χ3v) is 2.48. The van der Waals surface area contributed by atoms with E-state index in [1.54, 1.807) is 0 Å². The highest BCUT2D eigenvalue weighted by atomic mass is 16.5. The molecule has 1 heterocycles. The van der Waals surface area contributed by atoms with Gasteiger partial charge in [-0.25, -0.2) is 0 Å². The van der Waals surface area contributed by atoms with Crippen LogP contribution in [0.4, 0.5) is 0 Å². The van der Waals surface area contributed by atoms with Crippen LogP contribution >= 0.6 is 0 Å². The average Bonchev–Trinajstić information content (AvgIpc) is 2.09. The van der Waals surface area contributed by atoms with Gasteiger partial charge in [-0.15, -0.1) is 0 Å². The molecule has 2 unspecified atom stereocenters. The quantitative estimate of drug-likeness (QED) is 0.709. The van der Waals surface area contributed by atoms with Gasteiger partial charge in [0.05, 0.1) is 13.0 Å². The number of piperidine rings is 1. The second-order valence-electron chi connectivity index (χ2n) is 3.80. The van der Waals surface area contributed by atoms with Crippen molar-refractivity contribution < 1.29 is 9.53 Å². The molecule has 0 spiro atoms. The molecule has 3 nitrogen and oxygen atoms in total. The molecular formula is C11H23NO2. The van der Waals surface area contributed by atoms with E-state index in [-0.39, 0.29) is 13.4 Å². The molecule has 1 fully saturated rings. The maximum absolute atomic E-state index is 11.1. The van der Waals surface area contributed by atoms with Gasteiger partial charge in [-0.3, -0.25) is 4.79 Å². The second kappa shape index (κ2) is 6.82. The Hall–Kier alpha value is -0.570. The van der Waals surface area contributed by atoms with Gasteiger partial charge in [-0.1, -0.05) is 14.4 Å². The number of hydrogen-bond acceptors (Lipinski definition) is 3. The van der Waals surface area contributed by atoms with Crippen molar-refractivity contribution in [3.8, 4) is 0 Å². The van der Waals surface area contributed by atoms with E-state index in [2.05, 4.69) is 12.2 Å². The molecule has 0 aliphatic carbocycles. The predicted molar refractivity (Wildman–Crippen MR) is 58.2 cm³/mol. The van der Waals surface area contributed by atoms with Crippen molar-refractivity contribution in [1.29, 1.82) is 0 Å². The monoisotopic (exact) mass is 201 g/mol. The predicted octanol–water partition coefficient (Wildman–Crippen LogP) is 1.96. The van der Waals surface area contributed by atoms with E-state index in [9.17, 15) is 4.79 Å². The molecule has 3 heteroatoms. The van der Waals surface area contributed by atoms with Crippen LogP contribution in [-0.4, -0.2) is 25.2 Å². The van der Waals surface area contributed by atoms with E-state index in [1.165, 1.54) is 6.42 Å². The Morgan fingerprint density at radius 3 is 2.71 bits per heavy atom. The molecule has 2 atom stereocenters. The van der Waals surface area contributed by atoms with Crippen LogP contribution in [0.5, 0.6) is 0 Å². The van der Waals surface area contributed by atoms with E-state index in [0.717, 1.165) is 18.9 Å². The zero-order chi connectivity index (χ0) is 9.68. The van der Waals surface area contributed by atoms with Crippen molar-refractivity contribution >= 4 is 5.97 Å². The summed E-state index contributed by atoms with van der Waals surface area (Å²) in [6.45, 7) is 5.59. The van der Waals surface area contributed by atoms with Gasteiger partial charge in [-0.05, 0) is 32.2 Å². The Morgan fingerprint density at radius 1 is 1.50 bits per heavy atom. The van der Waals surface area contributed by atoms with Gasteiger partial charge in [0, 0.05) is 6.04 Å². The summed E-state index contributed by atoms with van der Waals surface area (Å²) in [5.41, 5.74) is 0. The molecule has 1 aliphatic heterocycles. The number of ether oxygens (including phenoxy) is 1. The Balaban J connectivity index is 0.00000169. The van der Waals surface area contributed by atoms with Gasteiger partial charge in [0.15, 0.2) is 0 Å². The van der Waals surface area contributed by atoms with E-state index >= 15 is 0 Å². The van der Waals surface area contributed by atoms with Crippen LogP contribution < -0.4 is 5.32 Å². The maximum atomic E-state index is 11.1. The van der Waals surface area contributed by atoms with E-state index < -0.39 is 0 Å². The van der Waals surface area contributed by atoms with Crippen molar-refractivity contribution in [3.05, 3.63) is 0 Å². The lowest BCUT2D eigenvalue weighted by Gasteiger charge is -2.26. The third kappa shape index (κ3) is 4.61. The Bertz CT molecular complexity index is 163. The zero-order valence-corrected chi connectivity index (χ0v) is 8.51. The van der Waals surface area contributed by atoms with Gasteiger partial charge in [0.1, 0.15) is 0 Å². The fourth-order valence-electron chi connectivity index (χ4n) is 1.65. The van der Waals surface area contributed by atoms with E-state index in [0.29, 0.717) is 19.1 Å². The lowest BCUT2D eigenvalue weighted by atomic mass is 9.95. The van der Waals surface area contributed by atoms with Crippen LogP contribution in [0.2, 0.25) is 0 Å². The summed E-state index contributed by atoms with van der Waals surface area (Å²) >= 11 is 0. The molecule has 1 saturated heterocycles. The van der Waals surface area contributed by atoms with E-state index in [1.807, 2.05) is 6.92 Å². The van der Waals surface area contributed by atoms with Crippen LogP contribution in [0.1, 0.15) is 40.5 Å². The first-order valence-corrected chi connectivity index (χ1v) is 5.11. The highest BCUT2D eigenvalue weighted by Crippen LogP contribution is 2.15. The molecule has 0 radical (unpaired) electrons. The number of esters is 1. The van der Waals surface area contributed by atoms with Crippen molar-refractivity contribution in [2.24, 2.45) is 5.92 Å². The molecule has 1 aliphatic rings. The van der Waals surface area contributed by atoms with Crippen molar-refractivity contribution in [2.45, 2.75) is 46.6 Å². The number of carbonyl (C=O) groups is 1. The van der Waals surface area contributed by atoms with Crippen LogP contribution in [0, 0.1) is 5.92 Å². The summed E-state index contributed by atoms with van der Waals surface area (Å²) in [5.74, 6) is 0.674. The minimum Gasteiger partial charge on any atom is -0.466 e. The summed E-state index contributed by atoms with van der Waals surface area (Å²) in [5, 5.41) is 3.36.